The van der Waals surface area contributed by atoms with E-state index in [0.29, 0.717) is 18.0 Å². The predicted molar refractivity (Wildman–Crippen MR) is 85.6 cm³/mol. The second-order valence-corrected chi connectivity index (χ2v) is 8.05. The summed E-state index contributed by atoms with van der Waals surface area (Å²) in [5, 5.41) is 0. The quantitative estimate of drug-likeness (QED) is 0.813. The summed E-state index contributed by atoms with van der Waals surface area (Å²) in [4.78, 5) is 0.371. The largest absolute Gasteiger partial charge is 0.326 e. The van der Waals surface area contributed by atoms with Crippen molar-refractivity contribution in [2.75, 3.05) is 6.54 Å². The van der Waals surface area contributed by atoms with Crippen molar-refractivity contribution in [2.24, 2.45) is 11.1 Å². The zero-order valence-corrected chi connectivity index (χ0v) is 14.0. The van der Waals surface area contributed by atoms with Gasteiger partial charge in [0.05, 0.1) is 4.90 Å². The van der Waals surface area contributed by atoms with Crippen LogP contribution in [0.25, 0.3) is 0 Å². The van der Waals surface area contributed by atoms with E-state index >= 15 is 0 Å². The molecule has 0 unspecified atom stereocenters. The van der Waals surface area contributed by atoms with Gasteiger partial charge in [-0.2, -0.15) is 0 Å². The van der Waals surface area contributed by atoms with Crippen molar-refractivity contribution < 1.29 is 8.42 Å². The Hall–Kier alpha value is -0.910. The maximum absolute atomic E-state index is 12.6. The number of nitrogens with one attached hydrogen (secondary N) is 1. The molecule has 0 saturated heterocycles. The predicted octanol–water partition coefficient (Wildman–Crippen LogP) is 2.62. The fourth-order valence-corrected chi connectivity index (χ4v) is 4.37. The molecule has 1 aliphatic carbocycles. The van der Waals surface area contributed by atoms with E-state index in [4.69, 9.17) is 5.73 Å². The van der Waals surface area contributed by atoms with Crippen LogP contribution in [0.1, 0.15) is 49.3 Å². The van der Waals surface area contributed by atoms with Gasteiger partial charge in [-0.1, -0.05) is 19.4 Å². The maximum Gasteiger partial charge on any atom is 0.240 e. The molecule has 5 heteroatoms. The van der Waals surface area contributed by atoms with Crippen molar-refractivity contribution in [2.45, 2.75) is 57.9 Å². The molecule has 4 nitrogen and oxygen atoms in total. The van der Waals surface area contributed by atoms with Gasteiger partial charge in [0.25, 0.3) is 0 Å². The highest BCUT2D eigenvalue weighted by molar-refractivity contribution is 7.89. The maximum atomic E-state index is 12.6. The summed E-state index contributed by atoms with van der Waals surface area (Å²) in [6.45, 7) is 6.82. The highest BCUT2D eigenvalue weighted by Crippen LogP contribution is 2.49. The van der Waals surface area contributed by atoms with Crippen LogP contribution in [0.5, 0.6) is 0 Å². The van der Waals surface area contributed by atoms with Crippen LogP contribution in [0.15, 0.2) is 17.0 Å². The molecule has 0 amide bonds. The number of hydrogen-bond donors (Lipinski definition) is 2. The molecule has 0 heterocycles. The van der Waals surface area contributed by atoms with Gasteiger partial charge in [-0.25, -0.2) is 13.1 Å². The SMILES string of the molecule is CCCC1(CNS(=O)(=O)c2cc(CN)cc(C)c2C)CC1. The van der Waals surface area contributed by atoms with Crippen LogP contribution in [-0.4, -0.2) is 15.0 Å². The molecule has 0 spiro atoms. The van der Waals surface area contributed by atoms with Gasteiger partial charge < -0.3 is 5.73 Å². The normalized spacial score (nSPS) is 17.0. The lowest BCUT2D eigenvalue weighted by atomic mass is 10.0. The van der Waals surface area contributed by atoms with Crippen molar-refractivity contribution in [1.29, 1.82) is 0 Å². The fraction of sp³-hybridized carbons (Fsp3) is 0.625. The summed E-state index contributed by atoms with van der Waals surface area (Å²) in [5.41, 5.74) is 8.49. The van der Waals surface area contributed by atoms with Crippen LogP contribution in [0.4, 0.5) is 0 Å². The van der Waals surface area contributed by atoms with Crippen molar-refractivity contribution in [3.05, 3.63) is 28.8 Å². The molecule has 0 radical (unpaired) electrons. The van der Waals surface area contributed by atoms with Crippen molar-refractivity contribution in [3.63, 3.8) is 0 Å². The van der Waals surface area contributed by atoms with Crippen molar-refractivity contribution >= 4 is 10.0 Å². The van der Waals surface area contributed by atoms with Gasteiger partial charge in [0, 0.05) is 13.1 Å². The lowest BCUT2D eigenvalue weighted by molar-refractivity contribution is 0.449. The minimum atomic E-state index is -3.46. The molecule has 3 N–H and O–H groups in total. The van der Waals surface area contributed by atoms with Gasteiger partial charge in [0.1, 0.15) is 0 Å². The Kier molecular flexibility index (Phi) is 4.76. The van der Waals surface area contributed by atoms with Crippen LogP contribution in [0.3, 0.4) is 0 Å². The van der Waals surface area contributed by atoms with E-state index in [0.717, 1.165) is 42.4 Å². The first-order valence-corrected chi connectivity index (χ1v) is 9.12. The molecule has 1 aromatic rings. The standard InChI is InChI=1S/C16H26N2O2S/c1-4-5-16(6-7-16)11-18-21(19,20)15-9-14(10-17)8-12(2)13(15)3/h8-9,18H,4-7,10-11,17H2,1-3H3. The molecular formula is C16H26N2O2S. The minimum absolute atomic E-state index is 0.205. The van der Waals surface area contributed by atoms with E-state index in [1.54, 1.807) is 6.07 Å². The molecule has 0 aromatic heterocycles. The van der Waals surface area contributed by atoms with E-state index in [2.05, 4.69) is 11.6 Å². The average molecular weight is 310 g/mol. The highest BCUT2D eigenvalue weighted by atomic mass is 32.2. The summed E-state index contributed by atoms with van der Waals surface area (Å²) >= 11 is 0. The molecule has 0 atom stereocenters. The smallest absolute Gasteiger partial charge is 0.240 e. The number of nitrogens with two attached hydrogens (primary N) is 1. The van der Waals surface area contributed by atoms with E-state index in [-0.39, 0.29) is 5.41 Å². The average Bonchev–Trinajstić information content (AvgIpc) is 3.20. The minimum Gasteiger partial charge on any atom is -0.326 e. The van der Waals surface area contributed by atoms with Gasteiger partial charge in [-0.05, 0) is 61.3 Å². The van der Waals surface area contributed by atoms with E-state index in [1.165, 1.54) is 0 Å². The first kappa shape index (κ1) is 16.5. The lowest BCUT2D eigenvalue weighted by Gasteiger charge is -2.17. The third-order valence-electron chi connectivity index (χ3n) is 4.58. The van der Waals surface area contributed by atoms with E-state index in [9.17, 15) is 8.42 Å². The Morgan fingerprint density at radius 2 is 1.95 bits per heavy atom. The molecule has 1 aliphatic rings. The summed E-state index contributed by atoms with van der Waals surface area (Å²) in [5.74, 6) is 0. The number of benzene rings is 1. The number of hydrogen-bond acceptors (Lipinski definition) is 3. The van der Waals surface area contributed by atoms with Crippen LogP contribution in [-0.2, 0) is 16.6 Å². The molecule has 0 bridgehead atoms. The summed E-state index contributed by atoms with van der Waals surface area (Å²) in [7, 11) is -3.46. The topological polar surface area (TPSA) is 72.2 Å². The number of rotatable bonds is 7. The molecule has 1 aromatic carbocycles. The van der Waals surface area contributed by atoms with Gasteiger partial charge in [-0.15, -0.1) is 0 Å². The molecule has 21 heavy (non-hydrogen) atoms. The number of aryl methyl sites for hydroxylation is 1. The highest BCUT2D eigenvalue weighted by Gasteiger charge is 2.42. The first-order chi connectivity index (χ1) is 9.83. The Balaban J connectivity index is 2.22. The lowest BCUT2D eigenvalue weighted by Crippen LogP contribution is -2.31. The first-order valence-electron chi connectivity index (χ1n) is 7.63. The summed E-state index contributed by atoms with van der Waals surface area (Å²) < 4.78 is 28.0. The van der Waals surface area contributed by atoms with Crippen LogP contribution in [0.2, 0.25) is 0 Å². The molecule has 118 valence electrons. The third kappa shape index (κ3) is 3.65. The summed E-state index contributed by atoms with van der Waals surface area (Å²) in [6, 6.07) is 3.65. The Labute approximate surface area is 128 Å². The van der Waals surface area contributed by atoms with Crippen LogP contribution < -0.4 is 10.5 Å². The second kappa shape index (κ2) is 6.07. The van der Waals surface area contributed by atoms with E-state index in [1.807, 2.05) is 19.9 Å². The van der Waals surface area contributed by atoms with Gasteiger partial charge in [-0.3, -0.25) is 0 Å². The number of sulfonamides is 1. The molecular weight excluding hydrogens is 284 g/mol. The zero-order valence-electron chi connectivity index (χ0n) is 13.2. The van der Waals surface area contributed by atoms with Gasteiger partial charge in [0.15, 0.2) is 0 Å². The molecule has 1 fully saturated rings. The van der Waals surface area contributed by atoms with E-state index < -0.39 is 10.0 Å². The Morgan fingerprint density at radius 3 is 2.48 bits per heavy atom. The zero-order chi connectivity index (χ0) is 15.7. The second-order valence-electron chi connectivity index (χ2n) is 6.31. The molecule has 2 rings (SSSR count). The Morgan fingerprint density at radius 1 is 1.29 bits per heavy atom. The van der Waals surface area contributed by atoms with Crippen LogP contribution in [0, 0.1) is 19.3 Å². The van der Waals surface area contributed by atoms with Crippen LogP contribution >= 0.6 is 0 Å². The molecule has 0 aliphatic heterocycles. The monoisotopic (exact) mass is 310 g/mol. The fourth-order valence-electron chi connectivity index (χ4n) is 2.84. The van der Waals surface area contributed by atoms with Gasteiger partial charge in [0.2, 0.25) is 10.0 Å². The van der Waals surface area contributed by atoms with Gasteiger partial charge >= 0.3 is 0 Å². The summed E-state index contributed by atoms with van der Waals surface area (Å²) in [6.07, 6.45) is 4.45. The Bertz CT molecular complexity index is 619. The van der Waals surface area contributed by atoms with Crippen molar-refractivity contribution in [1.82, 2.24) is 4.72 Å². The third-order valence-corrected chi connectivity index (χ3v) is 6.11. The van der Waals surface area contributed by atoms with Crippen molar-refractivity contribution in [3.8, 4) is 0 Å². The molecule has 1 saturated carbocycles.